The molecular weight excluding hydrogens is 263 g/mol. The number of fused-ring (bicyclic) bond motifs is 1. The molecule has 1 aromatic carbocycles. The minimum Gasteiger partial charge on any atom is -0.489 e. The van der Waals surface area contributed by atoms with Gasteiger partial charge in [-0.25, -0.2) is 4.39 Å². The number of carbonyl (C=O) groups is 1. The fraction of sp³-hybridized carbons (Fsp3) is 0.533. The van der Waals surface area contributed by atoms with Crippen molar-refractivity contribution in [2.45, 2.75) is 37.5 Å². The Balaban J connectivity index is 2.08. The van der Waals surface area contributed by atoms with Gasteiger partial charge in [0.15, 0.2) is 17.3 Å². The number of hydrogen-bond donors (Lipinski definition) is 1. The molecule has 1 aliphatic heterocycles. The molecule has 0 atom stereocenters. The van der Waals surface area contributed by atoms with Crippen molar-refractivity contribution in [2.75, 3.05) is 13.2 Å². The molecule has 0 aromatic heterocycles. The molecule has 0 unspecified atom stereocenters. The van der Waals surface area contributed by atoms with E-state index in [0.29, 0.717) is 43.8 Å². The van der Waals surface area contributed by atoms with E-state index in [9.17, 15) is 14.3 Å². The van der Waals surface area contributed by atoms with Crippen molar-refractivity contribution in [3.63, 3.8) is 0 Å². The summed E-state index contributed by atoms with van der Waals surface area (Å²) in [6.07, 6.45) is 3.47. The summed E-state index contributed by atoms with van der Waals surface area (Å²) >= 11 is 0. The second-order valence-electron chi connectivity index (χ2n) is 5.43. The van der Waals surface area contributed by atoms with Crippen molar-refractivity contribution < 1.29 is 23.8 Å². The molecule has 108 valence electrons. The van der Waals surface area contributed by atoms with E-state index < -0.39 is 17.2 Å². The quantitative estimate of drug-likeness (QED) is 0.905. The van der Waals surface area contributed by atoms with Gasteiger partial charge in [-0.2, -0.15) is 0 Å². The molecular formula is C15H17FO4. The van der Waals surface area contributed by atoms with Crippen LogP contribution in [0.15, 0.2) is 12.1 Å². The van der Waals surface area contributed by atoms with Crippen LogP contribution in [0.4, 0.5) is 4.39 Å². The first kappa shape index (κ1) is 13.2. The van der Waals surface area contributed by atoms with Crippen molar-refractivity contribution in [3.05, 3.63) is 23.5 Å². The third-order valence-corrected chi connectivity index (χ3v) is 4.22. The van der Waals surface area contributed by atoms with Crippen LogP contribution in [0.1, 0.15) is 37.7 Å². The highest BCUT2D eigenvalue weighted by Gasteiger charge is 2.44. The summed E-state index contributed by atoms with van der Waals surface area (Å²) in [5.41, 5.74) is -0.491. The van der Waals surface area contributed by atoms with Crippen molar-refractivity contribution in [2.24, 2.45) is 0 Å². The fourth-order valence-corrected chi connectivity index (χ4v) is 3.11. The summed E-state index contributed by atoms with van der Waals surface area (Å²) in [5, 5.41) is 9.57. The number of carboxylic acids is 1. The number of rotatable bonds is 2. The van der Waals surface area contributed by atoms with Gasteiger partial charge < -0.3 is 14.6 Å². The van der Waals surface area contributed by atoms with E-state index in [1.807, 2.05) is 0 Å². The topological polar surface area (TPSA) is 55.8 Å². The zero-order valence-electron chi connectivity index (χ0n) is 11.2. The van der Waals surface area contributed by atoms with Gasteiger partial charge in [0.05, 0.1) is 18.6 Å². The largest absolute Gasteiger partial charge is 0.489 e. The lowest BCUT2D eigenvalue weighted by Crippen LogP contribution is -2.32. The molecule has 0 spiro atoms. The van der Waals surface area contributed by atoms with Crippen molar-refractivity contribution in [1.82, 2.24) is 0 Å². The first-order valence-electron chi connectivity index (χ1n) is 6.96. The predicted molar refractivity (Wildman–Crippen MR) is 69.8 cm³/mol. The minimum absolute atomic E-state index is 0.102. The molecule has 1 aromatic rings. The summed E-state index contributed by atoms with van der Waals surface area (Å²) in [4.78, 5) is 11.7. The van der Waals surface area contributed by atoms with Gasteiger partial charge in [0.25, 0.3) is 0 Å². The van der Waals surface area contributed by atoms with Gasteiger partial charge in [0.2, 0.25) is 0 Å². The molecule has 1 heterocycles. The third kappa shape index (κ3) is 2.01. The summed E-state index contributed by atoms with van der Waals surface area (Å²) < 4.78 is 25.0. The standard InChI is InChI=1S/C15H17FO4/c16-11-8-10(15(14(17)18)4-1-2-5-15)9-12-13(11)20-7-3-6-19-12/h8-9H,1-7H2,(H,17,18). The lowest BCUT2D eigenvalue weighted by Gasteiger charge is -2.25. The zero-order valence-corrected chi connectivity index (χ0v) is 11.2. The van der Waals surface area contributed by atoms with Gasteiger partial charge in [0, 0.05) is 6.42 Å². The molecule has 1 fully saturated rings. The van der Waals surface area contributed by atoms with Crippen LogP contribution in [0.5, 0.6) is 11.5 Å². The Bertz CT molecular complexity index is 535. The molecule has 4 nitrogen and oxygen atoms in total. The fourth-order valence-electron chi connectivity index (χ4n) is 3.11. The molecule has 0 radical (unpaired) electrons. The maximum atomic E-state index is 14.2. The van der Waals surface area contributed by atoms with Gasteiger partial charge in [-0.1, -0.05) is 12.8 Å². The Hall–Kier alpha value is -1.78. The Labute approximate surface area is 116 Å². The van der Waals surface area contributed by atoms with Crippen LogP contribution in [-0.2, 0) is 10.2 Å². The number of ether oxygens (including phenoxy) is 2. The van der Waals surface area contributed by atoms with Crippen LogP contribution >= 0.6 is 0 Å². The van der Waals surface area contributed by atoms with Gasteiger partial charge in [-0.15, -0.1) is 0 Å². The first-order valence-corrected chi connectivity index (χ1v) is 6.96. The summed E-state index contributed by atoms with van der Waals surface area (Å²) in [7, 11) is 0. The number of halogens is 1. The SMILES string of the molecule is O=C(O)C1(c2cc(F)c3c(c2)OCCCO3)CCCC1. The van der Waals surface area contributed by atoms with Gasteiger partial charge in [-0.3, -0.25) is 4.79 Å². The average Bonchev–Trinajstić information content (AvgIpc) is 2.80. The number of benzene rings is 1. The first-order chi connectivity index (χ1) is 9.63. The zero-order chi connectivity index (χ0) is 14.2. The van der Waals surface area contributed by atoms with Crippen LogP contribution < -0.4 is 9.47 Å². The van der Waals surface area contributed by atoms with Crippen LogP contribution in [0.3, 0.4) is 0 Å². The van der Waals surface area contributed by atoms with E-state index in [1.54, 1.807) is 6.07 Å². The minimum atomic E-state index is -0.981. The summed E-state index contributed by atoms with van der Waals surface area (Å²) in [6, 6.07) is 2.94. The Morgan fingerprint density at radius 2 is 1.85 bits per heavy atom. The normalized spacial score (nSPS) is 20.4. The third-order valence-electron chi connectivity index (χ3n) is 4.22. The van der Waals surface area contributed by atoms with Crippen LogP contribution in [0.25, 0.3) is 0 Å². The highest BCUT2D eigenvalue weighted by atomic mass is 19.1. The van der Waals surface area contributed by atoms with E-state index in [1.165, 1.54) is 6.07 Å². The predicted octanol–water partition coefficient (Wildman–Crippen LogP) is 2.88. The van der Waals surface area contributed by atoms with Gasteiger partial charge in [-0.05, 0) is 30.5 Å². The van der Waals surface area contributed by atoms with Gasteiger partial charge >= 0.3 is 5.97 Å². The molecule has 0 amide bonds. The smallest absolute Gasteiger partial charge is 0.314 e. The summed E-state index contributed by atoms with van der Waals surface area (Å²) in [6.45, 7) is 0.864. The molecule has 1 N–H and O–H groups in total. The lowest BCUT2D eigenvalue weighted by atomic mass is 9.79. The lowest BCUT2D eigenvalue weighted by molar-refractivity contribution is -0.143. The molecule has 3 rings (SSSR count). The van der Waals surface area contributed by atoms with Crippen LogP contribution in [0.2, 0.25) is 0 Å². The van der Waals surface area contributed by atoms with Crippen LogP contribution in [0, 0.1) is 5.82 Å². The molecule has 1 saturated carbocycles. The molecule has 5 heteroatoms. The maximum absolute atomic E-state index is 14.2. The molecule has 1 aliphatic carbocycles. The van der Waals surface area contributed by atoms with E-state index in [2.05, 4.69) is 0 Å². The second kappa shape index (κ2) is 4.96. The Morgan fingerprint density at radius 1 is 1.15 bits per heavy atom. The molecule has 2 aliphatic rings. The number of carboxylic acid groups (broad SMARTS) is 1. The highest BCUT2D eigenvalue weighted by Crippen LogP contribution is 2.45. The van der Waals surface area contributed by atoms with Gasteiger partial charge in [0.1, 0.15) is 0 Å². The van der Waals surface area contributed by atoms with Crippen molar-refractivity contribution in [1.29, 1.82) is 0 Å². The van der Waals surface area contributed by atoms with Crippen molar-refractivity contribution in [3.8, 4) is 11.5 Å². The highest BCUT2D eigenvalue weighted by molar-refractivity contribution is 5.82. The van der Waals surface area contributed by atoms with E-state index >= 15 is 0 Å². The number of aliphatic carboxylic acids is 1. The van der Waals surface area contributed by atoms with E-state index in [4.69, 9.17) is 9.47 Å². The van der Waals surface area contributed by atoms with Crippen LogP contribution in [-0.4, -0.2) is 24.3 Å². The molecule has 0 saturated heterocycles. The average molecular weight is 280 g/mol. The monoisotopic (exact) mass is 280 g/mol. The Kier molecular flexibility index (Phi) is 3.28. The van der Waals surface area contributed by atoms with Crippen molar-refractivity contribution >= 4 is 5.97 Å². The Morgan fingerprint density at radius 3 is 2.55 bits per heavy atom. The maximum Gasteiger partial charge on any atom is 0.314 e. The summed E-state index contributed by atoms with van der Waals surface area (Å²) in [5.74, 6) is -0.995. The number of hydrogen-bond acceptors (Lipinski definition) is 3. The molecule has 20 heavy (non-hydrogen) atoms. The molecule has 0 bridgehead atoms. The van der Waals surface area contributed by atoms with E-state index in [-0.39, 0.29) is 5.75 Å². The van der Waals surface area contributed by atoms with E-state index in [0.717, 1.165) is 12.8 Å². The second-order valence-corrected chi connectivity index (χ2v) is 5.43.